The van der Waals surface area contributed by atoms with Gasteiger partial charge in [-0.05, 0) is 72.6 Å². The fraction of sp³-hybridized carbons (Fsp3) is 0.500. The number of imide groups is 1. The average Bonchev–Trinajstić information content (AvgIpc) is 3.21. The number of hydrogen-bond acceptors (Lipinski definition) is 6. The molecule has 2 unspecified atom stereocenters. The van der Waals surface area contributed by atoms with Gasteiger partial charge in [0.15, 0.2) is 0 Å². The van der Waals surface area contributed by atoms with Crippen molar-refractivity contribution in [2.75, 3.05) is 24.5 Å². The Hall–Kier alpha value is -2.42. The normalized spacial score (nSPS) is 25.6. The zero-order valence-corrected chi connectivity index (χ0v) is 21.4. The molecule has 4 aliphatic rings. The first-order chi connectivity index (χ1) is 17.5. The number of halogens is 1. The molecule has 4 heterocycles. The Morgan fingerprint density at radius 1 is 1.03 bits per heavy atom. The van der Waals surface area contributed by atoms with Crippen LogP contribution in [-0.4, -0.2) is 53.3 Å². The van der Waals surface area contributed by atoms with E-state index in [1.54, 1.807) is 12.1 Å². The zero-order chi connectivity index (χ0) is 24.8. The third-order valence-electron chi connectivity index (χ3n) is 8.44. The van der Waals surface area contributed by atoms with E-state index in [9.17, 15) is 14.0 Å². The summed E-state index contributed by atoms with van der Waals surface area (Å²) in [4.78, 5) is 31.3. The molecule has 6 rings (SSSR count). The summed E-state index contributed by atoms with van der Waals surface area (Å²) in [5, 5.41) is 2.35. The number of amides is 2. The number of benzene rings is 2. The smallest absolute Gasteiger partial charge is 0.243 e. The molecule has 36 heavy (non-hydrogen) atoms. The number of carbonyl (C=O) groups excluding carboxylic acids is 2. The highest BCUT2D eigenvalue weighted by atomic mass is 32.1. The average molecular weight is 509 g/mol. The second kappa shape index (κ2) is 9.80. The Morgan fingerprint density at radius 3 is 2.67 bits per heavy atom. The first-order valence-corrected chi connectivity index (χ1v) is 13.6. The molecule has 1 N–H and O–H groups in total. The maximum atomic E-state index is 13.7. The molecule has 0 aromatic heterocycles. The number of anilines is 1. The summed E-state index contributed by atoms with van der Waals surface area (Å²) < 4.78 is 13.7. The van der Waals surface area contributed by atoms with E-state index in [-0.39, 0.29) is 29.0 Å². The Bertz CT molecular complexity index is 1180. The van der Waals surface area contributed by atoms with Crippen LogP contribution < -0.4 is 10.2 Å². The lowest BCUT2D eigenvalue weighted by Gasteiger charge is -2.42. The molecule has 2 aromatic rings. The van der Waals surface area contributed by atoms with Crippen molar-refractivity contribution < 1.29 is 14.0 Å². The van der Waals surface area contributed by atoms with Gasteiger partial charge in [0.1, 0.15) is 5.82 Å². The highest BCUT2D eigenvalue weighted by molar-refractivity contribution is 7.80. The van der Waals surface area contributed by atoms with Crippen LogP contribution in [-0.2, 0) is 29.1 Å². The molecule has 4 aliphatic heterocycles. The van der Waals surface area contributed by atoms with Gasteiger partial charge >= 0.3 is 0 Å². The van der Waals surface area contributed by atoms with E-state index >= 15 is 0 Å². The lowest BCUT2D eigenvalue weighted by atomic mass is 9.95. The summed E-state index contributed by atoms with van der Waals surface area (Å²) in [7, 11) is 0. The molecule has 0 saturated carbocycles. The van der Waals surface area contributed by atoms with Gasteiger partial charge in [0.25, 0.3) is 0 Å². The molecule has 2 aromatic carbocycles. The number of carbonyl (C=O) groups is 2. The Balaban J connectivity index is 1.11. The van der Waals surface area contributed by atoms with Gasteiger partial charge in [0.2, 0.25) is 11.8 Å². The van der Waals surface area contributed by atoms with Crippen molar-refractivity contribution in [3.63, 3.8) is 0 Å². The fourth-order valence-corrected chi connectivity index (χ4v) is 7.05. The number of likely N-dealkylation sites (tertiary alicyclic amines) is 1. The van der Waals surface area contributed by atoms with Crippen molar-refractivity contribution in [2.24, 2.45) is 0 Å². The van der Waals surface area contributed by atoms with Crippen LogP contribution in [0.5, 0.6) is 0 Å². The molecule has 2 saturated heterocycles. The van der Waals surface area contributed by atoms with Crippen LogP contribution in [0.4, 0.5) is 10.1 Å². The lowest BCUT2D eigenvalue weighted by Crippen LogP contribution is -2.51. The largest absolute Gasteiger partial charge is 0.368 e. The number of fused-ring (bicyclic) bond motifs is 2. The monoisotopic (exact) mass is 508 g/mol. The van der Waals surface area contributed by atoms with Gasteiger partial charge in [-0.2, -0.15) is 12.6 Å². The minimum atomic E-state index is -0.318. The number of piperidine rings is 2. The van der Waals surface area contributed by atoms with Gasteiger partial charge < -0.3 is 4.90 Å². The molecule has 0 bridgehead atoms. The quantitative estimate of drug-likeness (QED) is 0.486. The highest BCUT2D eigenvalue weighted by Gasteiger charge is 2.40. The highest BCUT2D eigenvalue weighted by Crippen LogP contribution is 2.41. The van der Waals surface area contributed by atoms with Gasteiger partial charge in [-0.15, -0.1) is 0 Å². The Labute approximate surface area is 217 Å². The van der Waals surface area contributed by atoms with E-state index < -0.39 is 0 Å². The van der Waals surface area contributed by atoms with Gasteiger partial charge in [-0.25, -0.2) is 4.39 Å². The van der Waals surface area contributed by atoms with Crippen LogP contribution in [0.25, 0.3) is 0 Å². The van der Waals surface area contributed by atoms with Crippen LogP contribution in [0, 0.1) is 5.82 Å². The predicted molar refractivity (Wildman–Crippen MR) is 140 cm³/mol. The van der Waals surface area contributed by atoms with Crippen molar-refractivity contribution in [1.82, 2.24) is 15.1 Å². The number of nitrogens with one attached hydrogen (secondary N) is 1. The first-order valence-electron chi connectivity index (χ1n) is 13.1. The Morgan fingerprint density at radius 2 is 1.86 bits per heavy atom. The molecule has 2 amide bonds. The fourth-order valence-electron chi connectivity index (χ4n) is 6.57. The third kappa shape index (κ3) is 4.44. The van der Waals surface area contributed by atoms with Crippen LogP contribution >= 0.6 is 12.6 Å². The standard InChI is InChI=1S/C28H33FN4O2S/c29-20-6-7-24-18(15-20)4-2-12-32(24)21-10-13-31(14-11-21)16-19-3-1-5-22-23(19)17-33(28(22)36)25-8-9-26(34)30-27(25)35/h1,3,5-7,15,21,25,28,36H,2,4,8-14,16-17H2,(H,30,34,35). The zero-order valence-electron chi connectivity index (χ0n) is 20.5. The molecule has 8 heteroatoms. The third-order valence-corrected chi connectivity index (χ3v) is 9.02. The predicted octanol–water partition coefficient (Wildman–Crippen LogP) is 3.79. The second-order valence-corrected chi connectivity index (χ2v) is 11.1. The van der Waals surface area contributed by atoms with E-state index in [0.717, 1.165) is 57.4 Å². The van der Waals surface area contributed by atoms with E-state index in [0.29, 0.717) is 25.4 Å². The molecular formula is C28H33FN4O2S. The van der Waals surface area contributed by atoms with E-state index in [1.807, 2.05) is 6.07 Å². The summed E-state index contributed by atoms with van der Waals surface area (Å²) in [6.45, 7) is 4.69. The number of thiol groups is 1. The molecule has 2 fully saturated rings. The summed E-state index contributed by atoms with van der Waals surface area (Å²) in [5.74, 6) is -0.530. The van der Waals surface area contributed by atoms with E-state index in [4.69, 9.17) is 12.6 Å². The summed E-state index contributed by atoms with van der Waals surface area (Å²) in [5.41, 5.74) is 6.11. The molecule has 2 atom stereocenters. The molecule has 0 spiro atoms. The number of aryl methyl sites for hydroxylation is 1. The minimum Gasteiger partial charge on any atom is -0.368 e. The second-order valence-electron chi connectivity index (χ2n) is 10.6. The lowest BCUT2D eigenvalue weighted by molar-refractivity contribution is -0.137. The summed E-state index contributed by atoms with van der Waals surface area (Å²) in [6.07, 6.45) is 5.17. The summed E-state index contributed by atoms with van der Waals surface area (Å²) in [6, 6.07) is 11.9. The van der Waals surface area contributed by atoms with Crippen LogP contribution in [0.15, 0.2) is 36.4 Å². The molecule has 0 radical (unpaired) electrons. The summed E-state index contributed by atoms with van der Waals surface area (Å²) >= 11 is 4.87. The van der Waals surface area contributed by atoms with Gasteiger partial charge in [-0.1, -0.05) is 18.2 Å². The topological polar surface area (TPSA) is 55.9 Å². The minimum absolute atomic E-state index is 0.138. The van der Waals surface area contributed by atoms with Crippen molar-refractivity contribution in [1.29, 1.82) is 0 Å². The molecular weight excluding hydrogens is 475 g/mol. The van der Waals surface area contributed by atoms with Crippen molar-refractivity contribution >= 4 is 30.1 Å². The first kappa shape index (κ1) is 23.9. The van der Waals surface area contributed by atoms with Crippen molar-refractivity contribution in [3.8, 4) is 0 Å². The Kier molecular flexibility index (Phi) is 6.52. The van der Waals surface area contributed by atoms with Crippen LogP contribution in [0.2, 0.25) is 0 Å². The van der Waals surface area contributed by atoms with Gasteiger partial charge in [0, 0.05) is 50.9 Å². The number of rotatable bonds is 4. The van der Waals surface area contributed by atoms with E-state index in [1.165, 1.54) is 22.4 Å². The van der Waals surface area contributed by atoms with Gasteiger partial charge in [-0.3, -0.25) is 24.7 Å². The van der Waals surface area contributed by atoms with Crippen molar-refractivity contribution in [2.45, 2.75) is 69.1 Å². The SMILES string of the molecule is O=C1CCC(N2Cc3c(CN4CCC(N5CCCc6cc(F)ccc65)CC4)cccc3C2S)C(=O)N1. The van der Waals surface area contributed by atoms with E-state index in [2.05, 4.69) is 38.2 Å². The molecule has 6 nitrogen and oxygen atoms in total. The molecule has 190 valence electrons. The maximum Gasteiger partial charge on any atom is 0.243 e. The number of nitrogens with zero attached hydrogens (tertiary/aromatic N) is 3. The van der Waals surface area contributed by atoms with Crippen LogP contribution in [0.3, 0.4) is 0 Å². The molecule has 0 aliphatic carbocycles. The number of hydrogen-bond donors (Lipinski definition) is 2. The van der Waals surface area contributed by atoms with Crippen LogP contribution in [0.1, 0.15) is 59.7 Å². The maximum absolute atomic E-state index is 13.7. The van der Waals surface area contributed by atoms with Crippen molar-refractivity contribution in [3.05, 3.63) is 64.5 Å². The van der Waals surface area contributed by atoms with Gasteiger partial charge in [0.05, 0.1) is 11.4 Å².